The molecule has 0 radical (unpaired) electrons. The summed E-state index contributed by atoms with van der Waals surface area (Å²) in [4.78, 5) is 10.8. The fourth-order valence-corrected chi connectivity index (χ4v) is 3.79. The molecule has 0 saturated heterocycles. The Hall–Kier alpha value is -1.31. The number of benzene rings is 1. The zero-order chi connectivity index (χ0) is 18.7. The van der Waals surface area contributed by atoms with Crippen LogP contribution in [-0.2, 0) is 21.2 Å². The quantitative estimate of drug-likeness (QED) is 0.354. The highest BCUT2D eigenvalue weighted by molar-refractivity contribution is 7.92. The SMILES string of the molecule is N[C@@H](Cc1cccc(NS(=O)(=O)CCCCCCCCCl)c1)C(=O)O. The maximum absolute atomic E-state index is 12.1. The van der Waals surface area contributed by atoms with Crippen molar-refractivity contribution in [2.75, 3.05) is 16.4 Å². The van der Waals surface area contributed by atoms with Crippen LogP contribution in [0.1, 0.15) is 44.1 Å². The number of halogens is 1. The molecule has 0 aliphatic carbocycles. The summed E-state index contributed by atoms with van der Waals surface area (Å²) in [5.41, 5.74) is 6.61. The minimum absolute atomic E-state index is 0.0708. The van der Waals surface area contributed by atoms with E-state index < -0.39 is 22.0 Å². The van der Waals surface area contributed by atoms with E-state index in [1.165, 1.54) is 0 Å². The van der Waals surface area contributed by atoms with Gasteiger partial charge in [0.25, 0.3) is 0 Å². The Morgan fingerprint density at radius 3 is 2.44 bits per heavy atom. The van der Waals surface area contributed by atoms with E-state index in [0.717, 1.165) is 32.1 Å². The highest BCUT2D eigenvalue weighted by Crippen LogP contribution is 2.15. The Balaban J connectivity index is 2.44. The third kappa shape index (κ3) is 9.67. The normalized spacial score (nSPS) is 12.7. The van der Waals surface area contributed by atoms with E-state index in [0.29, 0.717) is 23.6 Å². The van der Waals surface area contributed by atoms with Crippen molar-refractivity contribution < 1.29 is 18.3 Å². The van der Waals surface area contributed by atoms with Crippen LogP contribution < -0.4 is 10.5 Å². The van der Waals surface area contributed by atoms with Crippen LogP contribution in [-0.4, -0.2) is 37.2 Å². The molecule has 25 heavy (non-hydrogen) atoms. The lowest BCUT2D eigenvalue weighted by Gasteiger charge is -2.11. The number of carboxylic acids is 1. The zero-order valence-electron chi connectivity index (χ0n) is 14.3. The number of aliphatic carboxylic acids is 1. The highest BCUT2D eigenvalue weighted by atomic mass is 35.5. The lowest BCUT2D eigenvalue weighted by molar-refractivity contribution is -0.138. The molecule has 1 atom stereocenters. The van der Waals surface area contributed by atoms with E-state index in [1.54, 1.807) is 24.3 Å². The van der Waals surface area contributed by atoms with Crippen molar-refractivity contribution >= 4 is 33.3 Å². The molecule has 0 unspecified atom stereocenters. The largest absolute Gasteiger partial charge is 0.480 e. The molecule has 1 rings (SSSR count). The number of carboxylic acid groups (broad SMARTS) is 1. The van der Waals surface area contributed by atoms with Crippen molar-refractivity contribution in [1.82, 2.24) is 0 Å². The number of hydrogen-bond acceptors (Lipinski definition) is 4. The number of nitrogens with two attached hydrogens (primary N) is 1. The lowest BCUT2D eigenvalue weighted by Crippen LogP contribution is -2.32. The van der Waals surface area contributed by atoms with Crippen LogP contribution in [0.25, 0.3) is 0 Å². The molecule has 8 heteroatoms. The third-order valence-corrected chi connectivity index (χ3v) is 5.41. The van der Waals surface area contributed by atoms with Crippen LogP contribution in [0.15, 0.2) is 24.3 Å². The minimum Gasteiger partial charge on any atom is -0.480 e. The maximum Gasteiger partial charge on any atom is 0.320 e. The molecule has 0 bridgehead atoms. The summed E-state index contributed by atoms with van der Waals surface area (Å²) in [5.74, 6) is -0.340. The van der Waals surface area contributed by atoms with E-state index in [2.05, 4.69) is 4.72 Å². The molecule has 6 nitrogen and oxygen atoms in total. The molecule has 0 aromatic heterocycles. The molecule has 1 aromatic carbocycles. The first kappa shape index (κ1) is 21.7. The number of unbranched alkanes of at least 4 members (excludes halogenated alkanes) is 5. The Kier molecular flexibility index (Phi) is 9.85. The zero-order valence-corrected chi connectivity index (χ0v) is 15.9. The van der Waals surface area contributed by atoms with Crippen molar-refractivity contribution in [3.05, 3.63) is 29.8 Å². The molecule has 0 aliphatic heterocycles. The van der Waals surface area contributed by atoms with E-state index >= 15 is 0 Å². The van der Waals surface area contributed by atoms with Gasteiger partial charge in [0.15, 0.2) is 0 Å². The number of sulfonamides is 1. The fraction of sp³-hybridized carbons (Fsp3) is 0.588. The second kappa shape index (κ2) is 11.3. The summed E-state index contributed by atoms with van der Waals surface area (Å²) in [7, 11) is -3.41. The number of nitrogens with one attached hydrogen (secondary N) is 1. The Labute approximate surface area is 154 Å². The van der Waals surface area contributed by atoms with Gasteiger partial charge >= 0.3 is 5.97 Å². The van der Waals surface area contributed by atoms with E-state index in [1.807, 2.05) is 0 Å². The third-order valence-electron chi connectivity index (χ3n) is 3.77. The smallest absolute Gasteiger partial charge is 0.320 e. The van der Waals surface area contributed by atoms with Crippen LogP contribution in [0.4, 0.5) is 5.69 Å². The molecule has 0 spiro atoms. The first-order chi connectivity index (χ1) is 11.8. The molecule has 0 heterocycles. The summed E-state index contributed by atoms with van der Waals surface area (Å²) < 4.78 is 26.8. The molecule has 1 aromatic rings. The monoisotopic (exact) mass is 390 g/mol. The highest BCUT2D eigenvalue weighted by Gasteiger charge is 2.14. The lowest BCUT2D eigenvalue weighted by atomic mass is 10.1. The summed E-state index contributed by atoms with van der Waals surface area (Å²) in [6, 6.07) is 5.65. The molecule has 0 aliphatic rings. The van der Waals surface area contributed by atoms with Crippen LogP contribution in [0.2, 0.25) is 0 Å². The van der Waals surface area contributed by atoms with Crippen LogP contribution in [0.5, 0.6) is 0 Å². The topological polar surface area (TPSA) is 109 Å². The second-order valence-corrected chi connectivity index (χ2v) is 8.30. The van der Waals surface area contributed by atoms with Gasteiger partial charge in [-0.3, -0.25) is 9.52 Å². The van der Waals surface area contributed by atoms with Gasteiger partial charge in [0.1, 0.15) is 6.04 Å². The Bertz CT molecular complexity index is 637. The van der Waals surface area contributed by atoms with Crippen LogP contribution >= 0.6 is 11.6 Å². The summed E-state index contributed by atoms with van der Waals surface area (Å²) in [6.07, 6.45) is 5.80. The average Bonchev–Trinajstić information content (AvgIpc) is 2.53. The molecule has 0 saturated carbocycles. The molecule has 0 amide bonds. The standard InChI is InChI=1S/C17H27ClN2O4S/c18-10-5-3-1-2-4-6-11-25(23,24)20-15-9-7-8-14(12-15)13-16(19)17(21)22/h7-9,12,16,20H,1-6,10-11,13,19H2,(H,21,22)/t16-/m0/s1. The van der Waals surface area contributed by atoms with E-state index in [9.17, 15) is 13.2 Å². The number of hydrogen-bond donors (Lipinski definition) is 3. The van der Waals surface area contributed by atoms with Crippen molar-refractivity contribution in [2.24, 2.45) is 5.73 Å². The number of anilines is 1. The van der Waals surface area contributed by atoms with Crippen LogP contribution in [0, 0.1) is 0 Å². The molecule has 142 valence electrons. The van der Waals surface area contributed by atoms with Gasteiger partial charge in [-0.25, -0.2) is 8.42 Å². The number of rotatable bonds is 13. The van der Waals surface area contributed by atoms with E-state index in [4.69, 9.17) is 22.4 Å². The molecular weight excluding hydrogens is 364 g/mol. The average molecular weight is 391 g/mol. The van der Waals surface area contributed by atoms with Crippen molar-refractivity contribution in [3.63, 3.8) is 0 Å². The van der Waals surface area contributed by atoms with Gasteiger partial charge in [0.05, 0.1) is 5.75 Å². The Morgan fingerprint density at radius 2 is 1.80 bits per heavy atom. The predicted octanol–water partition coefficient (Wildman–Crippen LogP) is 2.96. The fourth-order valence-electron chi connectivity index (χ4n) is 2.43. The van der Waals surface area contributed by atoms with Crippen molar-refractivity contribution in [2.45, 2.75) is 51.0 Å². The number of carbonyl (C=O) groups is 1. The van der Waals surface area contributed by atoms with Gasteiger partial charge in [-0.15, -0.1) is 11.6 Å². The molecule has 0 fully saturated rings. The second-order valence-electron chi connectivity index (χ2n) is 6.08. The van der Waals surface area contributed by atoms with Gasteiger partial charge in [-0.1, -0.05) is 37.8 Å². The van der Waals surface area contributed by atoms with Crippen LogP contribution in [0.3, 0.4) is 0 Å². The van der Waals surface area contributed by atoms with E-state index in [-0.39, 0.29) is 12.2 Å². The van der Waals surface area contributed by atoms with Gasteiger partial charge in [-0.2, -0.15) is 0 Å². The molecule has 4 N–H and O–H groups in total. The van der Waals surface area contributed by atoms with Gasteiger partial charge in [-0.05, 0) is 37.0 Å². The van der Waals surface area contributed by atoms with Gasteiger partial charge < -0.3 is 10.8 Å². The predicted molar refractivity (Wildman–Crippen MR) is 102 cm³/mol. The van der Waals surface area contributed by atoms with Gasteiger partial charge in [0.2, 0.25) is 10.0 Å². The van der Waals surface area contributed by atoms with Crippen molar-refractivity contribution in [3.8, 4) is 0 Å². The Morgan fingerprint density at radius 1 is 1.16 bits per heavy atom. The van der Waals surface area contributed by atoms with Gasteiger partial charge in [0, 0.05) is 11.6 Å². The number of alkyl halides is 1. The maximum atomic E-state index is 12.1. The summed E-state index contributed by atoms with van der Waals surface area (Å²) >= 11 is 5.61. The minimum atomic E-state index is -3.41. The van der Waals surface area contributed by atoms with Crippen molar-refractivity contribution in [1.29, 1.82) is 0 Å². The first-order valence-electron chi connectivity index (χ1n) is 8.48. The summed E-state index contributed by atoms with van der Waals surface area (Å²) in [5, 5.41) is 8.84. The molecular formula is C17H27ClN2O4S. The summed E-state index contributed by atoms with van der Waals surface area (Å²) in [6.45, 7) is 0. The first-order valence-corrected chi connectivity index (χ1v) is 10.7.